The monoisotopic (exact) mass is 280 g/mol. The maximum atomic E-state index is 10.1. The van der Waals surface area contributed by atoms with Crippen LogP contribution in [0.25, 0.3) is 0 Å². The van der Waals surface area contributed by atoms with Crippen molar-refractivity contribution < 1.29 is 5.11 Å². The van der Waals surface area contributed by atoms with Gasteiger partial charge in [0.1, 0.15) is 0 Å². The van der Waals surface area contributed by atoms with Crippen molar-refractivity contribution in [3.05, 3.63) is 69.7 Å². The van der Waals surface area contributed by atoms with Gasteiger partial charge in [-0.05, 0) is 36.1 Å². The van der Waals surface area contributed by atoms with Crippen LogP contribution in [0.3, 0.4) is 0 Å². The summed E-state index contributed by atoms with van der Waals surface area (Å²) in [5.41, 5.74) is 1.82. The molecule has 0 amide bonds. The first-order valence-electron chi connectivity index (χ1n) is 5.84. The molecule has 0 spiro atoms. The van der Waals surface area contributed by atoms with E-state index in [-0.39, 0.29) is 0 Å². The minimum atomic E-state index is -0.487. The number of hydrogen-bond acceptors (Lipinski definition) is 1. The molecule has 0 aliphatic heterocycles. The van der Waals surface area contributed by atoms with Crippen molar-refractivity contribution in [3.8, 4) is 0 Å². The molecule has 0 aliphatic carbocycles. The number of benzene rings is 2. The fraction of sp³-hybridized carbons (Fsp3) is 0.200. The molecule has 2 aromatic rings. The first-order valence-corrected chi connectivity index (χ1v) is 6.60. The van der Waals surface area contributed by atoms with Crippen LogP contribution >= 0.6 is 23.2 Å². The molecule has 1 nitrogen and oxygen atoms in total. The highest BCUT2D eigenvalue weighted by Gasteiger charge is 2.10. The molecule has 0 saturated carbocycles. The third kappa shape index (κ3) is 3.26. The molecule has 0 fully saturated rings. The summed E-state index contributed by atoms with van der Waals surface area (Å²) in [5.74, 6) is 0. The van der Waals surface area contributed by atoms with Gasteiger partial charge in [-0.3, -0.25) is 0 Å². The largest absolute Gasteiger partial charge is 0.388 e. The Morgan fingerprint density at radius 1 is 0.889 bits per heavy atom. The Morgan fingerprint density at radius 2 is 1.50 bits per heavy atom. The van der Waals surface area contributed by atoms with Gasteiger partial charge in [0.05, 0.1) is 6.10 Å². The highest BCUT2D eigenvalue weighted by molar-refractivity contribution is 6.35. The topological polar surface area (TPSA) is 20.2 Å². The molecule has 3 heteroatoms. The van der Waals surface area contributed by atoms with Crippen LogP contribution in [0.1, 0.15) is 23.7 Å². The van der Waals surface area contributed by atoms with Crippen molar-refractivity contribution in [2.75, 3.05) is 0 Å². The molecule has 1 N–H and O–H groups in total. The summed E-state index contributed by atoms with van der Waals surface area (Å²) in [6, 6.07) is 15.1. The first-order chi connectivity index (χ1) is 8.68. The molecule has 2 aromatic carbocycles. The van der Waals surface area contributed by atoms with Gasteiger partial charge in [0.25, 0.3) is 0 Å². The van der Waals surface area contributed by atoms with Crippen LogP contribution in [-0.2, 0) is 6.42 Å². The zero-order valence-electron chi connectivity index (χ0n) is 9.81. The van der Waals surface area contributed by atoms with E-state index in [0.29, 0.717) is 22.9 Å². The van der Waals surface area contributed by atoms with Crippen LogP contribution in [-0.4, -0.2) is 5.11 Å². The molecule has 0 aromatic heterocycles. The van der Waals surface area contributed by atoms with E-state index in [1.807, 2.05) is 48.5 Å². The van der Waals surface area contributed by atoms with Crippen LogP contribution in [0.15, 0.2) is 48.5 Å². The van der Waals surface area contributed by atoms with Crippen LogP contribution in [0, 0.1) is 0 Å². The zero-order valence-corrected chi connectivity index (χ0v) is 11.3. The van der Waals surface area contributed by atoms with Crippen molar-refractivity contribution in [2.24, 2.45) is 0 Å². The van der Waals surface area contributed by atoms with Gasteiger partial charge in [0.15, 0.2) is 0 Å². The first kappa shape index (κ1) is 13.4. The lowest BCUT2D eigenvalue weighted by atomic mass is 10.0. The Morgan fingerprint density at radius 3 is 2.11 bits per heavy atom. The van der Waals surface area contributed by atoms with E-state index in [1.165, 1.54) is 0 Å². The average Bonchev–Trinajstić information content (AvgIpc) is 2.39. The number of halogens is 2. The fourth-order valence-electron chi connectivity index (χ4n) is 1.89. The van der Waals surface area contributed by atoms with E-state index in [0.717, 1.165) is 11.1 Å². The second kappa shape index (κ2) is 6.24. The Hall–Kier alpha value is -1.02. The molecule has 0 heterocycles. The summed E-state index contributed by atoms with van der Waals surface area (Å²) in [4.78, 5) is 0. The molecular formula is C15H14Cl2O. The van der Waals surface area contributed by atoms with Gasteiger partial charge >= 0.3 is 0 Å². The summed E-state index contributed by atoms with van der Waals surface area (Å²) >= 11 is 12.2. The van der Waals surface area contributed by atoms with Crippen LogP contribution < -0.4 is 0 Å². The van der Waals surface area contributed by atoms with Gasteiger partial charge in [-0.1, -0.05) is 59.6 Å². The minimum Gasteiger partial charge on any atom is -0.388 e. The van der Waals surface area contributed by atoms with E-state index in [1.54, 1.807) is 0 Å². The van der Waals surface area contributed by atoms with E-state index in [4.69, 9.17) is 23.2 Å². The Balaban J connectivity index is 2.04. The van der Waals surface area contributed by atoms with Crippen molar-refractivity contribution in [2.45, 2.75) is 18.9 Å². The third-order valence-electron chi connectivity index (χ3n) is 2.91. The summed E-state index contributed by atoms with van der Waals surface area (Å²) in [6.45, 7) is 0. The van der Waals surface area contributed by atoms with Gasteiger partial charge < -0.3 is 5.11 Å². The van der Waals surface area contributed by atoms with Crippen LogP contribution in [0.5, 0.6) is 0 Å². The minimum absolute atomic E-state index is 0.487. The molecule has 0 saturated heterocycles. The predicted molar refractivity (Wildman–Crippen MR) is 76.2 cm³/mol. The second-order valence-electron chi connectivity index (χ2n) is 4.17. The molecule has 0 bridgehead atoms. The summed E-state index contributed by atoms with van der Waals surface area (Å²) in [6.07, 6.45) is 0.778. The Labute approximate surface area is 117 Å². The number of rotatable bonds is 4. The molecule has 0 aliphatic rings. The molecule has 1 unspecified atom stereocenters. The van der Waals surface area contributed by atoms with Gasteiger partial charge in [0.2, 0.25) is 0 Å². The lowest BCUT2D eigenvalue weighted by Gasteiger charge is -2.12. The summed E-state index contributed by atoms with van der Waals surface area (Å²) < 4.78 is 0. The second-order valence-corrected chi connectivity index (χ2v) is 4.98. The van der Waals surface area contributed by atoms with Gasteiger partial charge in [-0.15, -0.1) is 0 Å². The lowest BCUT2D eigenvalue weighted by molar-refractivity contribution is 0.168. The average molecular weight is 281 g/mol. The summed E-state index contributed by atoms with van der Waals surface area (Å²) in [7, 11) is 0. The molecule has 1 atom stereocenters. The van der Waals surface area contributed by atoms with Crippen molar-refractivity contribution in [1.29, 1.82) is 0 Å². The van der Waals surface area contributed by atoms with Crippen molar-refractivity contribution >= 4 is 23.2 Å². The molecule has 94 valence electrons. The predicted octanol–water partition coefficient (Wildman–Crippen LogP) is 4.66. The maximum absolute atomic E-state index is 10.1. The van der Waals surface area contributed by atoms with Gasteiger partial charge in [0, 0.05) is 10.0 Å². The van der Waals surface area contributed by atoms with E-state index in [9.17, 15) is 5.11 Å². The summed E-state index contributed by atoms with van der Waals surface area (Å²) in [5, 5.41) is 11.4. The normalized spacial score (nSPS) is 12.4. The quantitative estimate of drug-likeness (QED) is 0.864. The van der Waals surface area contributed by atoms with Gasteiger partial charge in [-0.2, -0.15) is 0 Å². The molecule has 2 rings (SSSR count). The number of hydrogen-bond donors (Lipinski definition) is 1. The molecule has 0 radical (unpaired) electrons. The van der Waals surface area contributed by atoms with E-state index >= 15 is 0 Å². The van der Waals surface area contributed by atoms with Crippen molar-refractivity contribution in [3.63, 3.8) is 0 Å². The highest BCUT2D eigenvalue weighted by atomic mass is 35.5. The van der Waals surface area contributed by atoms with Crippen molar-refractivity contribution in [1.82, 2.24) is 0 Å². The maximum Gasteiger partial charge on any atom is 0.0793 e. The smallest absolute Gasteiger partial charge is 0.0793 e. The SMILES string of the molecule is OC(CCc1c(Cl)cccc1Cl)c1ccccc1. The van der Waals surface area contributed by atoms with E-state index < -0.39 is 6.10 Å². The van der Waals surface area contributed by atoms with Gasteiger partial charge in [-0.25, -0.2) is 0 Å². The third-order valence-corrected chi connectivity index (χ3v) is 3.62. The zero-order chi connectivity index (χ0) is 13.0. The molecular weight excluding hydrogens is 267 g/mol. The number of aliphatic hydroxyl groups is 1. The van der Waals surface area contributed by atoms with E-state index in [2.05, 4.69) is 0 Å². The fourth-order valence-corrected chi connectivity index (χ4v) is 2.48. The van der Waals surface area contributed by atoms with Crippen LogP contribution in [0.2, 0.25) is 10.0 Å². The Kier molecular flexibility index (Phi) is 4.65. The standard InChI is InChI=1S/C15H14Cl2O/c16-13-7-4-8-14(17)12(13)9-10-15(18)11-5-2-1-3-6-11/h1-8,15,18H,9-10H2. The lowest BCUT2D eigenvalue weighted by Crippen LogP contribution is -2.00. The number of aliphatic hydroxyl groups excluding tert-OH is 1. The Bertz CT molecular complexity index is 491. The van der Waals surface area contributed by atoms with Crippen LogP contribution in [0.4, 0.5) is 0 Å². The molecule has 18 heavy (non-hydrogen) atoms. The highest BCUT2D eigenvalue weighted by Crippen LogP contribution is 2.28.